The number of sulfonamides is 1. The van der Waals surface area contributed by atoms with Gasteiger partial charge in [-0.3, -0.25) is 0 Å². The van der Waals surface area contributed by atoms with E-state index >= 15 is 0 Å². The van der Waals surface area contributed by atoms with Gasteiger partial charge in [-0.25, -0.2) is 17.5 Å². The molecule has 0 radical (unpaired) electrons. The Morgan fingerprint density at radius 3 is 2.58 bits per heavy atom. The second-order valence-electron chi connectivity index (χ2n) is 7.88. The summed E-state index contributed by atoms with van der Waals surface area (Å²) in [5.41, 5.74) is 2.47. The third-order valence-corrected chi connectivity index (χ3v) is 7.50. The van der Waals surface area contributed by atoms with Crippen molar-refractivity contribution in [2.24, 2.45) is 0 Å². The predicted octanol–water partition coefficient (Wildman–Crippen LogP) is 5.26. The Labute approximate surface area is 207 Å². The number of rotatable bonds is 7. The average Bonchev–Trinajstić information content (AvgIpc) is 2.87. The number of nitrogens with one attached hydrogen (secondary N) is 1. The molecule has 1 heterocycles. The molecule has 0 bridgehead atoms. The van der Waals surface area contributed by atoms with Crippen molar-refractivity contribution >= 4 is 21.7 Å². The lowest BCUT2D eigenvalue weighted by molar-refractivity contribution is -0.0496. The molecule has 11 heteroatoms. The van der Waals surface area contributed by atoms with Gasteiger partial charge in [0.15, 0.2) is 0 Å². The molecular formula is C25H24F2N2O6S. The zero-order valence-electron chi connectivity index (χ0n) is 19.7. The largest absolute Gasteiger partial charge is 0.497 e. The highest BCUT2D eigenvalue weighted by Gasteiger charge is 2.31. The molecule has 36 heavy (non-hydrogen) atoms. The van der Waals surface area contributed by atoms with Crippen molar-refractivity contribution in [1.82, 2.24) is 4.31 Å². The summed E-state index contributed by atoms with van der Waals surface area (Å²) in [5.74, 6) is 0.642. The van der Waals surface area contributed by atoms with E-state index in [1.54, 1.807) is 48.5 Å². The van der Waals surface area contributed by atoms with Crippen LogP contribution in [0.5, 0.6) is 17.2 Å². The molecular weight excluding hydrogens is 494 g/mol. The van der Waals surface area contributed by atoms with Gasteiger partial charge in [0.05, 0.1) is 18.4 Å². The van der Waals surface area contributed by atoms with E-state index in [9.17, 15) is 22.0 Å². The van der Waals surface area contributed by atoms with Crippen LogP contribution in [0.4, 0.5) is 19.3 Å². The van der Waals surface area contributed by atoms with Crippen LogP contribution in [0.3, 0.4) is 0 Å². The Hall–Kier alpha value is -3.86. The number of alkyl halides is 2. The van der Waals surface area contributed by atoms with E-state index in [2.05, 4.69) is 5.32 Å². The van der Waals surface area contributed by atoms with E-state index < -0.39 is 28.8 Å². The summed E-state index contributed by atoms with van der Waals surface area (Å²) in [5, 5.41) is 2.57. The third-order valence-electron chi connectivity index (χ3n) is 5.77. The Morgan fingerprint density at radius 1 is 1.14 bits per heavy atom. The van der Waals surface area contributed by atoms with Crippen molar-refractivity contribution < 1.29 is 36.2 Å². The van der Waals surface area contributed by atoms with Gasteiger partial charge in [0, 0.05) is 23.9 Å². The van der Waals surface area contributed by atoms with Crippen molar-refractivity contribution in [2.75, 3.05) is 25.2 Å². The van der Waals surface area contributed by atoms with Crippen LogP contribution in [0.2, 0.25) is 0 Å². The monoisotopic (exact) mass is 518 g/mol. The minimum absolute atomic E-state index is 0.0570. The number of carbonyl (C=O) groups excluding carboxylic acids is 1. The second-order valence-corrected chi connectivity index (χ2v) is 10.2. The molecule has 1 N–H and O–H groups in total. The van der Waals surface area contributed by atoms with Gasteiger partial charge in [-0.1, -0.05) is 24.3 Å². The fraction of sp³-hybridized carbons (Fsp3) is 0.240. The summed E-state index contributed by atoms with van der Waals surface area (Å²) < 4.78 is 67.4. The van der Waals surface area contributed by atoms with Crippen LogP contribution in [0.1, 0.15) is 24.2 Å². The molecule has 2 amide bonds. The number of methoxy groups -OCH3 is 1. The summed E-state index contributed by atoms with van der Waals surface area (Å²) in [6, 6.07) is 15.8. The summed E-state index contributed by atoms with van der Waals surface area (Å²) in [7, 11) is -1.06. The van der Waals surface area contributed by atoms with Crippen LogP contribution in [-0.2, 0) is 10.0 Å². The van der Waals surface area contributed by atoms with E-state index in [0.29, 0.717) is 38.2 Å². The van der Waals surface area contributed by atoms with Gasteiger partial charge in [-0.15, -0.1) is 0 Å². The molecule has 4 rings (SSSR count). The zero-order chi connectivity index (χ0) is 26.0. The average molecular weight is 519 g/mol. The Balaban J connectivity index is 1.82. The summed E-state index contributed by atoms with van der Waals surface area (Å²) >= 11 is 0. The maximum absolute atomic E-state index is 13.1. The SMILES string of the molecule is CCS(=O)(=O)N(C)C(=O)Nc1ccc2c(c1)C(c1cccc(OC)c1)Oc1cccc(OC(F)F)c1-2. The number of carbonyl (C=O) groups is 1. The Bertz CT molecular complexity index is 1400. The first-order valence-corrected chi connectivity index (χ1v) is 12.6. The molecule has 0 spiro atoms. The molecule has 1 aliphatic heterocycles. The number of benzene rings is 3. The van der Waals surface area contributed by atoms with Gasteiger partial charge in [-0.2, -0.15) is 8.78 Å². The number of nitrogens with zero attached hydrogens (tertiary/aromatic N) is 1. The van der Waals surface area contributed by atoms with Crippen LogP contribution in [-0.4, -0.2) is 45.3 Å². The standard InChI is InChI=1S/C25H24F2N2O6S/c1-4-36(31,32)29(2)25(30)28-16-11-12-18-19(14-16)23(15-7-5-8-17(13-15)33-3)34-20-9-6-10-21(22(18)20)35-24(26)27/h5-14,23-24H,4H2,1-3H3,(H,28,30). The van der Waals surface area contributed by atoms with Crippen LogP contribution in [0.25, 0.3) is 11.1 Å². The van der Waals surface area contributed by atoms with E-state index in [1.165, 1.54) is 27.1 Å². The van der Waals surface area contributed by atoms with Gasteiger partial charge < -0.3 is 19.5 Å². The van der Waals surface area contributed by atoms with Crippen LogP contribution >= 0.6 is 0 Å². The molecule has 0 aromatic heterocycles. The van der Waals surface area contributed by atoms with Gasteiger partial charge in [0.25, 0.3) is 0 Å². The van der Waals surface area contributed by atoms with Crippen molar-refractivity contribution in [3.63, 3.8) is 0 Å². The summed E-state index contributed by atoms with van der Waals surface area (Å²) in [6.45, 7) is -1.60. The molecule has 1 atom stereocenters. The lowest BCUT2D eigenvalue weighted by Crippen LogP contribution is -2.37. The number of amides is 2. The quantitative estimate of drug-likeness (QED) is 0.459. The highest BCUT2D eigenvalue weighted by molar-refractivity contribution is 7.89. The molecule has 190 valence electrons. The molecule has 3 aromatic rings. The normalized spacial score (nSPS) is 14.3. The first-order valence-electron chi connectivity index (χ1n) is 10.9. The number of hydrogen-bond acceptors (Lipinski definition) is 6. The molecule has 8 nitrogen and oxygen atoms in total. The Kier molecular flexibility index (Phi) is 7.02. The van der Waals surface area contributed by atoms with Gasteiger partial charge in [0.1, 0.15) is 23.4 Å². The smallest absolute Gasteiger partial charge is 0.387 e. The van der Waals surface area contributed by atoms with Crippen LogP contribution in [0, 0.1) is 0 Å². The lowest BCUT2D eigenvalue weighted by Gasteiger charge is -2.31. The fourth-order valence-electron chi connectivity index (χ4n) is 3.92. The number of halogens is 2. The highest BCUT2D eigenvalue weighted by atomic mass is 32.2. The lowest BCUT2D eigenvalue weighted by atomic mass is 9.88. The van der Waals surface area contributed by atoms with E-state index in [0.717, 1.165) is 5.56 Å². The predicted molar refractivity (Wildman–Crippen MR) is 130 cm³/mol. The number of urea groups is 1. The molecule has 0 saturated heterocycles. The van der Waals surface area contributed by atoms with E-state index in [-0.39, 0.29) is 11.5 Å². The number of ether oxygens (including phenoxy) is 3. The Morgan fingerprint density at radius 2 is 1.89 bits per heavy atom. The molecule has 0 saturated carbocycles. The minimum Gasteiger partial charge on any atom is -0.497 e. The number of anilines is 1. The summed E-state index contributed by atoms with van der Waals surface area (Å²) in [4.78, 5) is 12.6. The minimum atomic E-state index is -3.76. The number of fused-ring (bicyclic) bond motifs is 3. The van der Waals surface area contributed by atoms with Gasteiger partial charge >= 0.3 is 12.6 Å². The maximum atomic E-state index is 13.1. The molecule has 1 aliphatic rings. The topological polar surface area (TPSA) is 94.2 Å². The maximum Gasteiger partial charge on any atom is 0.387 e. The van der Waals surface area contributed by atoms with Crippen molar-refractivity contribution in [1.29, 1.82) is 0 Å². The number of hydrogen-bond donors (Lipinski definition) is 1. The molecule has 3 aromatic carbocycles. The molecule has 0 aliphatic carbocycles. The molecule has 0 fully saturated rings. The van der Waals surface area contributed by atoms with Crippen molar-refractivity contribution in [3.05, 3.63) is 71.8 Å². The van der Waals surface area contributed by atoms with Crippen LogP contribution < -0.4 is 19.5 Å². The first-order chi connectivity index (χ1) is 17.1. The van der Waals surface area contributed by atoms with Crippen LogP contribution in [0.15, 0.2) is 60.7 Å². The fourth-order valence-corrected chi connectivity index (χ4v) is 4.60. The third kappa shape index (κ3) is 4.92. The van der Waals surface area contributed by atoms with Gasteiger partial charge in [-0.05, 0) is 48.9 Å². The van der Waals surface area contributed by atoms with E-state index in [1.807, 2.05) is 6.07 Å². The van der Waals surface area contributed by atoms with Gasteiger partial charge in [0.2, 0.25) is 10.0 Å². The first kappa shape index (κ1) is 25.2. The zero-order valence-corrected chi connectivity index (χ0v) is 20.5. The molecule has 1 unspecified atom stereocenters. The van der Waals surface area contributed by atoms with E-state index in [4.69, 9.17) is 14.2 Å². The van der Waals surface area contributed by atoms with Crippen molar-refractivity contribution in [3.8, 4) is 28.4 Å². The van der Waals surface area contributed by atoms with Crippen molar-refractivity contribution in [2.45, 2.75) is 19.6 Å². The summed E-state index contributed by atoms with van der Waals surface area (Å²) in [6.07, 6.45) is -0.682. The highest BCUT2D eigenvalue weighted by Crippen LogP contribution is 2.50. The second kappa shape index (κ2) is 10.0.